The van der Waals surface area contributed by atoms with E-state index in [1.54, 1.807) is 24.3 Å². The van der Waals surface area contributed by atoms with Gasteiger partial charge in [0, 0.05) is 36.7 Å². The summed E-state index contributed by atoms with van der Waals surface area (Å²) in [7, 11) is 0. The number of hydrogen-bond donors (Lipinski definition) is 1. The van der Waals surface area contributed by atoms with Gasteiger partial charge in [0.15, 0.2) is 10.9 Å². The van der Waals surface area contributed by atoms with E-state index in [0.29, 0.717) is 30.8 Å². The first-order valence-corrected chi connectivity index (χ1v) is 11.7. The van der Waals surface area contributed by atoms with Gasteiger partial charge in [-0.15, -0.1) is 17.5 Å². The number of carboxylic acid groups (broad SMARTS) is 1. The normalized spacial score (nSPS) is 20.5. The highest BCUT2D eigenvalue weighted by atomic mass is 35.5. The molecule has 4 rings (SSSR count). The number of carboxylic acids is 1. The van der Waals surface area contributed by atoms with Crippen molar-refractivity contribution in [2.75, 3.05) is 13.1 Å². The fourth-order valence-corrected chi connectivity index (χ4v) is 5.13. The first kappa shape index (κ1) is 26.1. The number of ketones is 1. The van der Waals surface area contributed by atoms with Crippen LogP contribution in [-0.2, 0) is 20.9 Å². The van der Waals surface area contributed by atoms with Gasteiger partial charge in [-0.3, -0.25) is 19.3 Å². The second-order valence-electron chi connectivity index (χ2n) is 8.39. The summed E-state index contributed by atoms with van der Waals surface area (Å²) in [5, 5.41) is 16.6. The largest absolute Gasteiger partial charge is 0.480 e. The van der Waals surface area contributed by atoms with Crippen molar-refractivity contribution in [3.05, 3.63) is 53.1 Å². The standard InChI is InChI=1S/C23H25FN4O4S.ClH/c1-14(29)33-20-8-9-27(12-16(20)10-17-11-25-26-28(17)13-21(30)31)22(23(32)15-6-7-15)18-4-2-3-5-19(18)24;/h2-5,10-11,15,20,22H,6-9,12-13H2,1H3,(H,30,31);1H. The molecule has 1 aromatic heterocycles. The predicted octanol–water partition coefficient (Wildman–Crippen LogP) is 3.38. The molecule has 2 aromatic rings. The van der Waals surface area contributed by atoms with E-state index in [1.165, 1.54) is 35.6 Å². The molecule has 11 heteroatoms. The molecule has 0 amide bonds. The van der Waals surface area contributed by atoms with Gasteiger partial charge in [0.05, 0.1) is 17.9 Å². The number of piperidine rings is 1. The zero-order valence-corrected chi connectivity index (χ0v) is 20.2. The Morgan fingerprint density at radius 1 is 1.26 bits per heavy atom. The molecule has 1 saturated heterocycles. The number of thioether (sulfide) groups is 1. The number of benzene rings is 1. The van der Waals surface area contributed by atoms with Gasteiger partial charge in [-0.2, -0.15) is 0 Å². The van der Waals surface area contributed by atoms with Crippen LogP contribution >= 0.6 is 24.2 Å². The van der Waals surface area contributed by atoms with E-state index in [0.717, 1.165) is 18.4 Å². The maximum atomic E-state index is 14.7. The summed E-state index contributed by atoms with van der Waals surface area (Å²) in [6.45, 7) is 2.04. The van der Waals surface area contributed by atoms with Crippen molar-refractivity contribution >= 4 is 47.1 Å². The third-order valence-corrected chi connectivity index (χ3v) is 7.02. The van der Waals surface area contributed by atoms with Crippen LogP contribution in [0.5, 0.6) is 0 Å². The minimum Gasteiger partial charge on any atom is -0.480 e. The summed E-state index contributed by atoms with van der Waals surface area (Å²) in [6.07, 6.45) is 5.50. The van der Waals surface area contributed by atoms with Gasteiger partial charge in [-0.1, -0.05) is 35.2 Å². The van der Waals surface area contributed by atoms with Crippen LogP contribution in [0.2, 0.25) is 0 Å². The molecule has 1 aliphatic heterocycles. The number of aliphatic carboxylic acids is 1. The number of carbonyl (C=O) groups is 3. The molecule has 2 heterocycles. The van der Waals surface area contributed by atoms with Crippen LogP contribution < -0.4 is 0 Å². The van der Waals surface area contributed by atoms with Gasteiger partial charge in [0.25, 0.3) is 0 Å². The van der Waals surface area contributed by atoms with E-state index >= 15 is 0 Å². The molecule has 2 fully saturated rings. The molecular formula is C23H26ClFN4O4S. The zero-order valence-electron chi connectivity index (χ0n) is 18.6. The molecular weight excluding hydrogens is 483 g/mol. The molecule has 1 aliphatic carbocycles. The molecule has 0 bridgehead atoms. The Kier molecular flexibility index (Phi) is 8.62. The Balaban J connectivity index is 0.00000324. The second kappa shape index (κ2) is 11.2. The van der Waals surface area contributed by atoms with Crippen molar-refractivity contribution in [3.8, 4) is 0 Å². The van der Waals surface area contributed by atoms with Gasteiger partial charge < -0.3 is 5.11 Å². The van der Waals surface area contributed by atoms with Crippen molar-refractivity contribution in [3.63, 3.8) is 0 Å². The topological polar surface area (TPSA) is 105 Å². The van der Waals surface area contributed by atoms with Crippen molar-refractivity contribution in [2.45, 2.75) is 44.0 Å². The molecule has 0 spiro atoms. The number of hydrogen-bond acceptors (Lipinski definition) is 7. The lowest BCUT2D eigenvalue weighted by Gasteiger charge is -2.38. The minimum atomic E-state index is -1.05. The van der Waals surface area contributed by atoms with Crippen molar-refractivity contribution in [1.29, 1.82) is 0 Å². The lowest BCUT2D eigenvalue weighted by atomic mass is 9.93. The minimum absolute atomic E-state index is 0. The highest BCUT2D eigenvalue weighted by Gasteiger charge is 2.41. The number of rotatable bonds is 8. The Labute approximate surface area is 207 Å². The van der Waals surface area contributed by atoms with Gasteiger partial charge in [0.2, 0.25) is 0 Å². The molecule has 1 N–H and O–H groups in total. The zero-order chi connectivity index (χ0) is 23.5. The smallest absolute Gasteiger partial charge is 0.325 e. The highest BCUT2D eigenvalue weighted by molar-refractivity contribution is 8.14. The van der Waals surface area contributed by atoms with Gasteiger partial charge in [-0.05, 0) is 37.0 Å². The van der Waals surface area contributed by atoms with Crippen LogP contribution in [0.1, 0.15) is 43.5 Å². The fraction of sp³-hybridized carbons (Fsp3) is 0.435. The van der Waals surface area contributed by atoms with Crippen molar-refractivity contribution in [2.24, 2.45) is 5.92 Å². The maximum Gasteiger partial charge on any atom is 0.325 e. The summed E-state index contributed by atoms with van der Waals surface area (Å²) >= 11 is 1.21. The third kappa shape index (κ3) is 6.11. The van der Waals surface area contributed by atoms with Crippen LogP contribution in [0, 0.1) is 11.7 Å². The van der Waals surface area contributed by atoms with Crippen LogP contribution in [0.15, 0.2) is 36.0 Å². The highest BCUT2D eigenvalue weighted by Crippen LogP contribution is 2.40. The van der Waals surface area contributed by atoms with E-state index in [2.05, 4.69) is 10.3 Å². The summed E-state index contributed by atoms with van der Waals surface area (Å²) in [5.74, 6) is -1.48. The SMILES string of the molecule is CC(=O)SC1CCN(C(C(=O)C2CC2)c2ccccc2F)CC1=Cc1cnnn1CC(=O)O.Cl. The van der Waals surface area contributed by atoms with Crippen molar-refractivity contribution in [1.82, 2.24) is 19.9 Å². The van der Waals surface area contributed by atoms with Crippen LogP contribution in [0.4, 0.5) is 4.39 Å². The van der Waals surface area contributed by atoms with E-state index in [9.17, 15) is 18.8 Å². The fourth-order valence-electron chi connectivity index (χ4n) is 4.21. The number of halogens is 2. The summed E-state index contributed by atoms with van der Waals surface area (Å²) < 4.78 is 16.0. The average Bonchev–Trinajstić information content (AvgIpc) is 3.53. The molecule has 8 nitrogen and oxygen atoms in total. The Bertz CT molecular complexity index is 1100. The molecule has 1 aromatic carbocycles. The van der Waals surface area contributed by atoms with Gasteiger partial charge in [-0.25, -0.2) is 9.07 Å². The number of likely N-dealkylation sites (tertiary alicyclic amines) is 1. The molecule has 2 aliphatic rings. The molecule has 1 saturated carbocycles. The van der Waals surface area contributed by atoms with Gasteiger partial charge >= 0.3 is 5.97 Å². The van der Waals surface area contributed by atoms with E-state index in [4.69, 9.17) is 5.11 Å². The van der Waals surface area contributed by atoms with E-state index in [-0.39, 0.29) is 41.0 Å². The summed E-state index contributed by atoms with van der Waals surface area (Å²) in [4.78, 5) is 38.2. The number of carbonyl (C=O) groups excluding carboxylic acids is 2. The monoisotopic (exact) mass is 508 g/mol. The maximum absolute atomic E-state index is 14.7. The molecule has 34 heavy (non-hydrogen) atoms. The first-order valence-electron chi connectivity index (χ1n) is 10.8. The molecule has 2 atom stereocenters. The van der Waals surface area contributed by atoms with Crippen molar-refractivity contribution < 1.29 is 23.9 Å². The lowest BCUT2D eigenvalue weighted by Crippen LogP contribution is -2.43. The van der Waals surface area contributed by atoms with E-state index in [1.807, 2.05) is 4.90 Å². The lowest BCUT2D eigenvalue weighted by molar-refractivity contribution is -0.138. The second-order valence-corrected chi connectivity index (χ2v) is 9.77. The Morgan fingerprint density at radius 3 is 2.65 bits per heavy atom. The quantitative estimate of drug-likeness (QED) is 0.578. The van der Waals surface area contributed by atoms with Crippen LogP contribution in [-0.4, -0.2) is 60.2 Å². The average molecular weight is 509 g/mol. The number of Topliss-reactive ketones (excluding diaryl/α,β-unsaturated/α-hetero) is 1. The number of aromatic nitrogens is 3. The van der Waals surface area contributed by atoms with Gasteiger partial charge in [0.1, 0.15) is 12.4 Å². The third-order valence-electron chi connectivity index (χ3n) is 5.87. The van der Waals surface area contributed by atoms with Crippen LogP contribution in [0.3, 0.4) is 0 Å². The number of nitrogens with zero attached hydrogens (tertiary/aromatic N) is 4. The molecule has 2 unspecified atom stereocenters. The molecule has 182 valence electrons. The van der Waals surface area contributed by atoms with E-state index < -0.39 is 17.8 Å². The Hall–Kier alpha value is -2.56. The molecule has 0 radical (unpaired) electrons. The first-order chi connectivity index (χ1) is 15.8. The Morgan fingerprint density at radius 2 is 2.00 bits per heavy atom. The summed E-state index contributed by atoms with van der Waals surface area (Å²) in [5.41, 5.74) is 1.71. The summed E-state index contributed by atoms with van der Waals surface area (Å²) in [6, 6.07) is 5.67. The predicted molar refractivity (Wildman–Crippen MR) is 128 cm³/mol. The van der Waals surface area contributed by atoms with Crippen LogP contribution in [0.25, 0.3) is 6.08 Å².